The Morgan fingerprint density at radius 1 is 1.46 bits per heavy atom. The molecule has 2 aliphatic heterocycles. The number of ether oxygens (including phenoxy) is 1. The molecule has 1 aromatic heterocycles. The second-order valence-electron chi connectivity index (χ2n) is 6.13. The predicted molar refractivity (Wildman–Crippen MR) is 86.4 cm³/mol. The van der Waals surface area contributed by atoms with Gasteiger partial charge in [-0.25, -0.2) is 18.0 Å². The number of aromatic amines is 1. The molecule has 0 spiro atoms. The number of aromatic nitrogens is 2. The van der Waals surface area contributed by atoms with Crippen molar-refractivity contribution in [1.29, 1.82) is 0 Å². The molecule has 1 aromatic rings. The van der Waals surface area contributed by atoms with Crippen molar-refractivity contribution in [2.75, 3.05) is 6.61 Å². The van der Waals surface area contributed by atoms with Crippen LogP contribution in [0.3, 0.4) is 0 Å². The highest BCUT2D eigenvalue weighted by molar-refractivity contribution is 8.07. The molecule has 0 bridgehead atoms. The molecule has 146 valence electrons. The zero-order valence-electron chi connectivity index (χ0n) is 13.6. The first-order valence-electron chi connectivity index (χ1n) is 7.61. The van der Waals surface area contributed by atoms with E-state index in [0.29, 0.717) is 4.57 Å². The summed E-state index contributed by atoms with van der Waals surface area (Å²) in [7, 11) is 0. The van der Waals surface area contributed by atoms with Gasteiger partial charge in [-0.3, -0.25) is 18.9 Å². The summed E-state index contributed by atoms with van der Waals surface area (Å²) in [5.74, 6) is 0. The molecule has 0 radical (unpaired) electrons. The molecule has 26 heavy (non-hydrogen) atoms. The quantitative estimate of drug-likeness (QED) is 0.744. The molecular formula is C13H16F3N2O6PS. The molecule has 0 saturated carbocycles. The summed E-state index contributed by atoms with van der Waals surface area (Å²) in [6.07, 6.45) is -8.38. The average Bonchev–Trinajstić information content (AvgIpc) is 2.80. The van der Waals surface area contributed by atoms with Gasteiger partial charge in [0.15, 0.2) is 18.0 Å². The van der Waals surface area contributed by atoms with Gasteiger partial charge in [-0.1, -0.05) is 0 Å². The van der Waals surface area contributed by atoms with Gasteiger partial charge in [0.25, 0.3) is 12.0 Å². The molecule has 1 unspecified atom stereocenters. The largest absolute Gasteiger partial charge is 0.337 e. The number of hydrogen-bond acceptors (Lipinski definition) is 7. The van der Waals surface area contributed by atoms with Gasteiger partial charge in [0, 0.05) is 12.3 Å². The van der Waals surface area contributed by atoms with Crippen LogP contribution in [0.2, 0.25) is 0 Å². The molecule has 5 atom stereocenters. The number of H-pyrrole nitrogens is 1. The van der Waals surface area contributed by atoms with E-state index in [1.54, 1.807) is 13.8 Å². The van der Waals surface area contributed by atoms with E-state index in [9.17, 15) is 18.4 Å². The number of hydrogen-bond donors (Lipinski definition) is 1. The van der Waals surface area contributed by atoms with Crippen LogP contribution >= 0.6 is 6.72 Å². The van der Waals surface area contributed by atoms with Crippen molar-refractivity contribution in [1.82, 2.24) is 9.55 Å². The second-order valence-corrected chi connectivity index (χ2v) is 9.04. The smallest absolute Gasteiger partial charge is 0.330 e. The Morgan fingerprint density at radius 2 is 2.15 bits per heavy atom. The first-order chi connectivity index (χ1) is 12.1. The van der Waals surface area contributed by atoms with Crippen molar-refractivity contribution in [2.45, 2.75) is 50.5 Å². The minimum Gasteiger partial charge on any atom is -0.337 e. The highest BCUT2D eigenvalue weighted by Crippen LogP contribution is 2.61. The molecule has 2 fully saturated rings. The lowest BCUT2D eigenvalue weighted by Crippen LogP contribution is -2.55. The minimum atomic E-state index is -3.46. The summed E-state index contributed by atoms with van der Waals surface area (Å²) < 4.78 is 64.2. The second kappa shape index (κ2) is 6.84. The van der Waals surface area contributed by atoms with E-state index >= 15 is 4.39 Å². The minimum absolute atomic E-state index is 0.433. The monoisotopic (exact) mass is 416 g/mol. The van der Waals surface area contributed by atoms with Gasteiger partial charge in [0.05, 0.1) is 12.7 Å². The van der Waals surface area contributed by atoms with Crippen LogP contribution < -0.4 is 11.2 Å². The zero-order valence-corrected chi connectivity index (χ0v) is 15.3. The van der Waals surface area contributed by atoms with Crippen LogP contribution in [0.4, 0.5) is 13.2 Å². The highest BCUT2D eigenvalue weighted by Gasteiger charge is 2.67. The summed E-state index contributed by atoms with van der Waals surface area (Å²) >= 11 is 5.10. The van der Waals surface area contributed by atoms with Crippen molar-refractivity contribution in [3.05, 3.63) is 33.1 Å². The molecule has 2 aliphatic rings. The molecular weight excluding hydrogens is 400 g/mol. The number of rotatable bonds is 4. The standard InChI is InChI=1S/C13H16F3N2O6PS/c1-6(2)23-25(26)21-5-13(11(15)16)9(24-25)8(14)10(22-13)18-4-3-7(19)17-12(18)20/h3-4,6,8-11H,5H2,1-2H3,(H,17,19,20)/t8-,9+,10-,13-,25?/m0/s1. The zero-order chi connectivity index (χ0) is 19.3. The van der Waals surface area contributed by atoms with Gasteiger partial charge in [0.2, 0.25) is 0 Å². The molecule has 13 heteroatoms. The van der Waals surface area contributed by atoms with E-state index in [-0.39, 0.29) is 0 Å². The number of nitrogens with zero attached hydrogens (tertiary/aromatic N) is 1. The summed E-state index contributed by atoms with van der Waals surface area (Å²) in [6.45, 7) is -0.947. The molecule has 1 N–H and O–H groups in total. The average molecular weight is 416 g/mol. The van der Waals surface area contributed by atoms with Crippen LogP contribution in [0.15, 0.2) is 21.9 Å². The van der Waals surface area contributed by atoms with Gasteiger partial charge in [0.1, 0.15) is 6.10 Å². The third kappa shape index (κ3) is 3.30. The van der Waals surface area contributed by atoms with E-state index in [0.717, 1.165) is 12.3 Å². The fourth-order valence-corrected chi connectivity index (χ4v) is 5.35. The lowest BCUT2D eigenvalue weighted by Gasteiger charge is -2.41. The number of halogens is 3. The van der Waals surface area contributed by atoms with Crippen LogP contribution in [-0.4, -0.2) is 46.6 Å². The van der Waals surface area contributed by atoms with Crippen LogP contribution in [0.25, 0.3) is 0 Å². The van der Waals surface area contributed by atoms with Gasteiger partial charge in [-0.2, -0.15) is 0 Å². The van der Waals surface area contributed by atoms with Gasteiger partial charge in [-0.15, -0.1) is 0 Å². The van der Waals surface area contributed by atoms with E-state index in [1.807, 2.05) is 4.98 Å². The third-order valence-corrected chi connectivity index (χ3v) is 6.35. The molecule has 8 nitrogen and oxygen atoms in total. The van der Waals surface area contributed by atoms with Crippen LogP contribution in [-0.2, 0) is 30.1 Å². The molecule has 0 aliphatic carbocycles. The Labute approximate surface area is 150 Å². The normalized spacial score (nSPS) is 37.3. The van der Waals surface area contributed by atoms with E-state index in [2.05, 4.69) is 0 Å². The van der Waals surface area contributed by atoms with Crippen molar-refractivity contribution in [3.63, 3.8) is 0 Å². The summed E-state index contributed by atoms with van der Waals surface area (Å²) in [5.41, 5.74) is -4.18. The molecule has 3 heterocycles. The van der Waals surface area contributed by atoms with Crippen molar-refractivity contribution in [2.24, 2.45) is 0 Å². The highest BCUT2D eigenvalue weighted by atomic mass is 32.5. The topological polar surface area (TPSA) is 91.8 Å². The molecule has 0 amide bonds. The Bertz CT molecular complexity index is 848. The van der Waals surface area contributed by atoms with Crippen molar-refractivity contribution >= 4 is 18.5 Å². The summed E-state index contributed by atoms with van der Waals surface area (Å²) in [6, 6.07) is 0.943. The van der Waals surface area contributed by atoms with E-state index in [4.69, 9.17) is 30.1 Å². The van der Waals surface area contributed by atoms with Gasteiger partial charge < -0.3 is 13.8 Å². The van der Waals surface area contributed by atoms with Crippen LogP contribution in [0.1, 0.15) is 20.1 Å². The SMILES string of the molecule is CC(C)OP1(=S)OC[C@]2(C(F)F)O[C@H](n3ccc(=O)[nH]c3=O)[C@@H](F)[C@H]2O1. The molecule has 3 rings (SSSR count). The van der Waals surface area contributed by atoms with Crippen molar-refractivity contribution in [3.8, 4) is 0 Å². The van der Waals surface area contributed by atoms with Gasteiger partial charge >= 0.3 is 12.4 Å². The van der Waals surface area contributed by atoms with Gasteiger partial charge in [-0.05, 0) is 25.7 Å². The fourth-order valence-electron chi connectivity index (χ4n) is 2.78. The fraction of sp³-hybridized carbons (Fsp3) is 0.692. The lowest BCUT2D eigenvalue weighted by atomic mass is 9.97. The first kappa shape index (κ1) is 19.7. The maximum absolute atomic E-state index is 15.0. The Balaban J connectivity index is 1.99. The Morgan fingerprint density at radius 3 is 2.73 bits per heavy atom. The summed E-state index contributed by atoms with van der Waals surface area (Å²) in [4.78, 5) is 25.0. The summed E-state index contributed by atoms with van der Waals surface area (Å²) in [5, 5.41) is 0. The predicted octanol–water partition coefficient (Wildman–Crippen LogP) is 1.47. The molecule has 0 aromatic carbocycles. The Hall–Kier alpha value is -1.04. The number of nitrogens with one attached hydrogen (secondary N) is 1. The van der Waals surface area contributed by atoms with E-state index < -0.39 is 61.2 Å². The van der Waals surface area contributed by atoms with Crippen molar-refractivity contribution < 1.29 is 31.5 Å². The molecule has 2 saturated heterocycles. The third-order valence-electron chi connectivity index (χ3n) is 3.91. The van der Waals surface area contributed by atoms with E-state index in [1.165, 1.54) is 0 Å². The maximum Gasteiger partial charge on any atom is 0.330 e. The maximum atomic E-state index is 15.0. The lowest BCUT2D eigenvalue weighted by molar-refractivity contribution is -0.204. The van der Waals surface area contributed by atoms with Crippen LogP contribution in [0, 0.1) is 0 Å². The van der Waals surface area contributed by atoms with Crippen LogP contribution in [0.5, 0.6) is 0 Å². The Kier molecular flexibility index (Phi) is 5.19. The number of alkyl halides is 3. The first-order valence-corrected chi connectivity index (χ1v) is 10.2. The number of fused-ring (bicyclic) bond motifs is 1.